The molecular formula is C94H102N22O21S7. The largest absolute Gasteiger partial charge is 0.507 e. The van der Waals surface area contributed by atoms with Gasteiger partial charge in [-0.25, -0.2) is 24.7 Å². The number of non-ortho nitro benzene ring substituents is 1. The van der Waals surface area contributed by atoms with Gasteiger partial charge in [0.05, 0.1) is 130 Å². The number of hydrogen-bond acceptors (Lipinski definition) is 43. The van der Waals surface area contributed by atoms with Gasteiger partial charge in [0, 0.05) is 68.8 Å². The zero-order valence-electron chi connectivity index (χ0n) is 80.4. The summed E-state index contributed by atoms with van der Waals surface area (Å²) in [5.41, 5.74) is 9.27. The predicted octanol–water partition coefficient (Wildman–Crippen LogP) is 15.6. The monoisotopic (exact) mass is 2100 g/mol. The van der Waals surface area contributed by atoms with Gasteiger partial charge in [-0.2, -0.15) is 15.3 Å². The molecule has 0 amide bonds. The van der Waals surface area contributed by atoms with Crippen LogP contribution in [0.1, 0.15) is 106 Å². The molecule has 9 heterocycles. The number of aromatic hydroxyl groups is 1. The van der Waals surface area contributed by atoms with Crippen molar-refractivity contribution in [2.75, 3.05) is 121 Å². The zero-order valence-corrected chi connectivity index (χ0v) is 86.1. The van der Waals surface area contributed by atoms with Crippen molar-refractivity contribution in [3.8, 4) is 85.8 Å². The Kier molecular flexibility index (Phi) is 43.8. The number of Topliss-reactive ketones (excluding diaryl/α,β-unsaturated/α-hetero) is 6. The molecule has 0 unspecified atom stereocenters. The third-order valence-electron chi connectivity index (χ3n) is 19.6. The number of H-pyrrole nitrogens is 4. The summed E-state index contributed by atoms with van der Waals surface area (Å²) in [5, 5.41) is 96.8. The van der Waals surface area contributed by atoms with Crippen LogP contribution in [0.3, 0.4) is 0 Å². The van der Waals surface area contributed by atoms with Crippen molar-refractivity contribution in [3.05, 3.63) is 188 Å². The molecule has 6 N–H and O–H groups in total. The molecule has 5 aliphatic heterocycles. The number of carbonyl (C=O) groups excluding carboxylic acids is 7. The van der Waals surface area contributed by atoms with Gasteiger partial charge in [-0.05, 0) is 153 Å². The van der Waals surface area contributed by atoms with Crippen LogP contribution >= 0.6 is 82.3 Å². The fourth-order valence-corrected chi connectivity index (χ4v) is 17.3. The molecule has 1 saturated heterocycles. The van der Waals surface area contributed by atoms with Gasteiger partial charge in [0.15, 0.2) is 34.8 Å². The summed E-state index contributed by atoms with van der Waals surface area (Å²) in [7, 11) is 10.00. The van der Waals surface area contributed by atoms with Crippen LogP contribution in [0.2, 0.25) is 0 Å². The number of anilines is 1. The maximum atomic E-state index is 11.2. The van der Waals surface area contributed by atoms with Crippen molar-refractivity contribution in [1.82, 2.24) is 65.6 Å². The van der Waals surface area contributed by atoms with Crippen molar-refractivity contribution in [2.24, 2.45) is 30.6 Å². The lowest BCUT2D eigenvalue weighted by molar-refractivity contribution is -0.385. The highest BCUT2D eigenvalue weighted by Gasteiger charge is 2.30. The van der Waals surface area contributed by atoms with Crippen molar-refractivity contribution in [2.45, 2.75) is 101 Å². The number of nitrogens with zero attached hydrogens (tertiary/aromatic N) is 18. The number of ether oxygens (including phenoxy) is 7. The normalized spacial score (nSPS) is 12.9. The van der Waals surface area contributed by atoms with Crippen LogP contribution in [0.4, 0.5) is 17.1 Å². The van der Waals surface area contributed by atoms with E-state index in [1.54, 1.807) is 40.2 Å². The number of nitrogens with one attached hydrogen (secondary N) is 4. The van der Waals surface area contributed by atoms with Crippen LogP contribution in [-0.2, 0) is 38.3 Å². The van der Waals surface area contributed by atoms with Crippen LogP contribution in [0, 0.1) is 27.2 Å². The predicted molar refractivity (Wildman–Crippen MR) is 557 cm³/mol. The smallest absolute Gasteiger partial charge is 0.335 e. The van der Waals surface area contributed by atoms with Gasteiger partial charge < -0.3 is 48.3 Å². The fraction of sp³-hybridized carbons (Fsp3) is 0.319. The molecule has 0 aliphatic carbocycles. The maximum Gasteiger partial charge on any atom is 0.335 e. The van der Waals surface area contributed by atoms with Crippen LogP contribution < -0.4 is 33.3 Å². The number of benzene rings is 7. The number of aromatic nitrogens is 12. The quantitative estimate of drug-likeness (QED) is 0.00919. The number of rotatable bonds is 36. The van der Waals surface area contributed by atoms with Crippen LogP contribution in [-0.4, -0.2) is 280 Å². The lowest BCUT2D eigenvalue weighted by atomic mass is 10.1. The Balaban J connectivity index is 0.000000173. The molecule has 1 fully saturated rings. The number of hydrogen-bond donors (Lipinski definition) is 6. The van der Waals surface area contributed by atoms with E-state index >= 15 is 0 Å². The number of carbonyl (C=O) groups is 8. The Labute approximate surface area is 855 Å². The summed E-state index contributed by atoms with van der Waals surface area (Å²) >= 11 is 9.14. The van der Waals surface area contributed by atoms with E-state index in [4.69, 9.17) is 33.5 Å². The summed E-state index contributed by atoms with van der Waals surface area (Å²) in [4.78, 5) is 130. The van der Waals surface area contributed by atoms with E-state index in [1.165, 1.54) is 180 Å². The molecule has 11 aromatic rings. The summed E-state index contributed by atoms with van der Waals surface area (Å²) in [5.74, 6) is 6.75. The topological polar surface area (TPSA) is 575 Å². The molecule has 0 spiro atoms. The Bertz CT molecular complexity index is 6590. The molecule has 4 aromatic heterocycles. The molecule has 0 bridgehead atoms. The van der Waals surface area contributed by atoms with E-state index < -0.39 is 15.8 Å². The van der Waals surface area contributed by atoms with Crippen molar-refractivity contribution in [1.29, 1.82) is 0 Å². The number of carboxylic acid groups (broad SMARTS) is 1. The SMILES string of the molecule is CC(=O)CSC1=NN=C(c2cc3c(cc2[N+](=O)[O-])OCO3)C1.CC(=O)CSc1n[nH]c(-c2cc(C(=O)O)ccc2O)n1.CC(=O)CSc1n[nH]c(-c2ccc(N(C)C)cc2)n1.CC(=O)CSc1n[nH]c(-c2ccccc2OCCN2CCCC2)n1.COC(=O)CSC1=NN=C(c2cccc(C)c2)C1.COc1cc([N+](=O)[O-])ccc1C1=NN=C(SCC(C)=O)C1.COc1cccc(OC)c1-c1nc(SCC(C)=O)n[nH]1. The molecule has 43 nitrogen and oxygen atoms in total. The maximum absolute atomic E-state index is 11.2. The van der Waals surface area contributed by atoms with Crippen molar-refractivity contribution in [3.63, 3.8) is 0 Å². The van der Waals surface area contributed by atoms with Gasteiger partial charge in [0.25, 0.3) is 11.4 Å². The van der Waals surface area contributed by atoms with E-state index in [2.05, 4.69) is 107 Å². The number of nitro benzene ring substituents is 2. The van der Waals surface area contributed by atoms with E-state index in [0.29, 0.717) is 149 Å². The van der Waals surface area contributed by atoms with E-state index in [1.807, 2.05) is 111 Å². The zero-order chi connectivity index (χ0) is 104. The molecule has 16 rings (SSSR count). The molecule has 144 heavy (non-hydrogen) atoms. The van der Waals surface area contributed by atoms with Crippen LogP contribution in [0.15, 0.2) is 191 Å². The first-order valence-electron chi connectivity index (χ1n) is 43.7. The number of phenols is 1. The number of thioether (sulfide) groups is 7. The highest BCUT2D eigenvalue weighted by atomic mass is 32.2. The Morgan fingerprint density at radius 3 is 1.43 bits per heavy atom. The summed E-state index contributed by atoms with van der Waals surface area (Å²) in [6, 6.07) is 40.6. The number of nitro groups is 2. The third-order valence-corrected chi connectivity index (χ3v) is 26.8. The molecule has 50 heteroatoms. The molecule has 756 valence electrons. The molecule has 0 saturated carbocycles. The average Bonchev–Trinajstić information content (AvgIpc) is 1.54. The number of likely N-dealkylation sites (tertiary alicyclic amines) is 1. The number of methoxy groups -OCH3 is 4. The number of aryl methyl sites for hydroxylation is 1. The first-order chi connectivity index (χ1) is 69.1. The standard InChI is InChI=1S/C17H22N4O2S.C13H16N4OS.C13H11N3O5S.C13H13N3O4S.C13H15N3O3S.C13H14N2O2S.C12H11N3O4S/c1-13(22)12-24-17-18-16(19-20-17)14-6-2-3-7-15(14)23-11-10-21-8-4-5-9-21;1-9(18)8-19-13-14-12(15-16-13)10-4-6-11(7-5-10)17(2)3;1-7(17)5-22-13-3-9(14-15-13)8-2-11-12(21-6-20-11)4-10(8)16(18)19;1-8(17)7-21-13-6-11(14-15-13)10-4-3-9(16(18)19)5-12(10)20-2;1-8(17)7-20-13-14-12(15-16-13)11-9(18-2)5-4-6-10(11)19-3;1-9-4-3-5-10(6-9)11-7-12(15-14-11)18-8-13(16)17-2;1-6(16)5-20-12-13-10(14-15-12)8-4-7(11(18)19)2-3-9(8)17/h2-3,6-7H,4-5,8-12H2,1H3,(H,18,19,20);4-7H,8H2,1-3H3,(H,14,15,16);2,4H,3,5-6H2,1H3;3-5H,6-7H2,1-2H3;4-6H,7H2,1-3H3,(H,14,15,16);3-6H,7-8H2,1-2H3;2-4,17H,5H2,1H3,(H,18,19)(H,13,14,15). The second-order valence-electron chi connectivity index (χ2n) is 31.2. The summed E-state index contributed by atoms with van der Waals surface area (Å²) in [6.07, 6.45) is 4.11. The lowest BCUT2D eigenvalue weighted by Gasteiger charge is -2.16. The minimum atomic E-state index is -1.10. The fourth-order valence-electron chi connectivity index (χ4n) is 12.8. The van der Waals surface area contributed by atoms with Gasteiger partial charge >= 0.3 is 11.9 Å². The van der Waals surface area contributed by atoms with E-state index in [0.717, 1.165) is 68.1 Å². The van der Waals surface area contributed by atoms with E-state index in [9.17, 15) is 63.7 Å². The van der Waals surface area contributed by atoms with Gasteiger partial charge in [-0.15, -0.1) is 59.2 Å². The number of phenolic OH excluding ortho intramolecular Hbond substituents is 1. The number of ketones is 6. The van der Waals surface area contributed by atoms with Crippen LogP contribution in [0.25, 0.3) is 45.6 Å². The second kappa shape index (κ2) is 56.5. The van der Waals surface area contributed by atoms with Crippen molar-refractivity contribution >= 4 is 178 Å². The number of aromatic carboxylic acids is 1. The number of aromatic amines is 4. The number of para-hydroxylation sites is 1. The molecule has 5 aliphatic rings. The molecule has 7 aromatic carbocycles. The molecule has 0 radical (unpaired) electrons. The molecule has 0 atom stereocenters. The molecular weight excluding hydrogens is 2000 g/mol. The number of fused-ring (bicyclic) bond motifs is 1. The van der Waals surface area contributed by atoms with Gasteiger partial charge in [0.1, 0.15) is 90.7 Å². The van der Waals surface area contributed by atoms with E-state index in [-0.39, 0.29) is 93.0 Å². The first kappa shape index (κ1) is 112. The van der Waals surface area contributed by atoms with Crippen LogP contribution in [0.5, 0.6) is 40.2 Å². The number of carboxylic acids is 1. The third kappa shape index (κ3) is 35.1. The Morgan fingerprint density at radius 1 is 0.458 bits per heavy atom. The Hall–Kier alpha value is -14.3. The van der Waals surface area contributed by atoms with Gasteiger partial charge in [-0.1, -0.05) is 107 Å². The second-order valence-corrected chi connectivity index (χ2v) is 38.1. The van der Waals surface area contributed by atoms with Gasteiger partial charge in [0.2, 0.25) is 27.4 Å². The highest BCUT2D eigenvalue weighted by Crippen LogP contribution is 2.41. The summed E-state index contributed by atoms with van der Waals surface area (Å²) in [6.45, 7) is 15.2. The number of esters is 1. The van der Waals surface area contributed by atoms with Crippen molar-refractivity contribution < 1.29 is 91.6 Å². The minimum Gasteiger partial charge on any atom is -0.507 e. The summed E-state index contributed by atoms with van der Waals surface area (Å²) < 4.78 is 36.8. The first-order valence-corrected chi connectivity index (χ1v) is 50.6. The lowest BCUT2D eigenvalue weighted by Crippen LogP contribution is -2.25. The van der Waals surface area contributed by atoms with Gasteiger partial charge in [-0.3, -0.25) is 79.1 Å². The average molecular weight is 2100 g/mol. The Morgan fingerprint density at radius 2 is 0.924 bits per heavy atom. The highest BCUT2D eigenvalue weighted by molar-refractivity contribution is 8.15. The minimum absolute atomic E-state index is 0.00271.